The quantitative estimate of drug-likeness (QED) is 0.656. The van der Waals surface area contributed by atoms with Crippen LogP contribution in [0.2, 0.25) is 0 Å². The number of rotatable bonds is 5. The molecule has 0 unspecified atom stereocenters. The maximum Gasteiger partial charge on any atom is 0.205 e. The van der Waals surface area contributed by atoms with Crippen LogP contribution in [0.3, 0.4) is 0 Å². The minimum Gasteiger partial charge on any atom is -0.493 e. The van der Waals surface area contributed by atoms with Gasteiger partial charge >= 0.3 is 0 Å². The molecule has 1 atom stereocenters. The van der Waals surface area contributed by atoms with Crippen LogP contribution >= 0.6 is 15.9 Å². The molecule has 0 saturated carbocycles. The fourth-order valence-corrected chi connectivity index (χ4v) is 4.50. The molecule has 4 rings (SSSR count). The zero-order valence-electron chi connectivity index (χ0n) is 17.0. The van der Waals surface area contributed by atoms with Gasteiger partial charge < -0.3 is 19.9 Å². The third kappa shape index (κ3) is 4.04. The standard InChI is InChI=1S/C24H21BrN2O4/c1-29-20-10-15(17(25)11-21(20)30-13-14-6-3-2-4-7-14)22-16(12-26)24(27)31-19-9-5-8-18(28)23(19)22/h2-4,6-7,10-11,22H,5,8-9,13,27H2,1H3/t22-/m1/s1. The minimum atomic E-state index is -0.618. The predicted molar refractivity (Wildman–Crippen MR) is 118 cm³/mol. The highest BCUT2D eigenvalue weighted by Gasteiger charge is 2.39. The molecule has 1 aliphatic heterocycles. The van der Waals surface area contributed by atoms with E-state index in [1.54, 1.807) is 19.2 Å². The summed E-state index contributed by atoms with van der Waals surface area (Å²) in [4.78, 5) is 12.8. The summed E-state index contributed by atoms with van der Waals surface area (Å²) in [6.45, 7) is 0.379. The van der Waals surface area contributed by atoms with Crippen molar-refractivity contribution in [2.24, 2.45) is 5.73 Å². The Labute approximate surface area is 189 Å². The second-order valence-corrected chi connectivity index (χ2v) is 8.19. The van der Waals surface area contributed by atoms with Crippen molar-refractivity contribution in [1.29, 1.82) is 5.26 Å². The summed E-state index contributed by atoms with van der Waals surface area (Å²) in [6.07, 6.45) is 1.74. The van der Waals surface area contributed by atoms with E-state index >= 15 is 0 Å². The number of carbonyl (C=O) groups is 1. The molecule has 2 aliphatic rings. The number of nitrogens with zero attached hydrogens (tertiary/aromatic N) is 1. The summed E-state index contributed by atoms with van der Waals surface area (Å²) in [7, 11) is 1.55. The number of nitriles is 1. The van der Waals surface area contributed by atoms with Gasteiger partial charge in [0.15, 0.2) is 17.3 Å². The monoisotopic (exact) mass is 480 g/mol. The van der Waals surface area contributed by atoms with Crippen LogP contribution in [0.15, 0.2) is 69.7 Å². The van der Waals surface area contributed by atoms with Crippen molar-refractivity contribution in [2.45, 2.75) is 31.8 Å². The number of methoxy groups -OCH3 is 1. The van der Waals surface area contributed by atoms with E-state index in [9.17, 15) is 10.1 Å². The number of nitrogens with two attached hydrogens (primary N) is 1. The highest BCUT2D eigenvalue weighted by Crippen LogP contribution is 2.47. The highest BCUT2D eigenvalue weighted by atomic mass is 79.9. The van der Waals surface area contributed by atoms with E-state index in [2.05, 4.69) is 22.0 Å². The zero-order chi connectivity index (χ0) is 22.0. The molecule has 2 aromatic rings. The van der Waals surface area contributed by atoms with Gasteiger partial charge in [0, 0.05) is 22.9 Å². The second-order valence-electron chi connectivity index (χ2n) is 7.34. The van der Waals surface area contributed by atoms with Gasteiger partial charge in [-0.25, -0.2) is 0 Å². The lowest BCUT2D eigenvalue weighted by Gasteiger charge is -2.31. The Morgan fingerprint density at radius 1 is 1.23 bits per heavy atom. The molecular formula is C24H21BrN2O4. The Hall–Kier alpha value is -3.24. The molecule has 0 radical (unpaired) electrons. The van der Waals surface area contributed by atoms with Gasteiger partial charge in [-0.3, -0.25) is 4.79 Å². The van der Waals surface area contributed by atoms with Gasteiger partial charge in [0.1, 0.15) is 24.0 Å². The molecule has 31 heavy (non-hydrogen) atoms. The maximum atomic E-state index is 12.8. The molecular weight excluding hydrogens is 460 g/mol. The van der Waals surface area contributed by atoms with Gasteiger partial charge in [-0.05, 0) is 29.7 Å². The molecule has 6 nitrogen and oxygen atoms in total. The topological polar surface area (TPSA) is 94.6 Å². The van der Waals surface area contributed by atoms with Crippen LogP contribution in [0.5, 0.6) is 11.5 Å². The van der Waals surface area contributed by atoms with Crippen LogP contribution in [-0.4, -0.2) is 12.9 Å². The molecule has 158 valence electrons. The fourth-order valence-electron chi connectivity index (χ4n) is 3.95. The van der Waals surface area contributed by atoms with Gasteiger partial charge in [-0.1, -0.05) is 46.3 Å². The normalized spacial score (nSPS) is 18.2. The third-order valence-electron chi connectivity index (χ3n) is 5.44. The number of carbonyl (C=O) groups excluding carboxylic acids is 1. The number of Topliss-reactive ketones (excluding diaryl/α,β-unsaturated/α-hetero) is 1. The molecule has 0 bridgehead atoms. The van der Waals surface area contributed by atoms with Crippen molar-refractivity contribution in [3.63, 3.8) is 0 Å². The van der Waals surface area contributed by atoms with Crippen molar-refractivity contribution < 1.29 is 19.0 Å². The van der Waals surface area contributed by atoms with Crippen LogP contribution in [-0.2, 0) is 16.1 Å². The van der Waals surface area contributed by atoms with Crippen LogP contribution in [0, 0.1) is 11.3 Å². The van der Waals surface area contributed by atoms with Crippen LogP contribution in [0.4, 0.5) is 0 Å². The average molecular weight is 481 g/mol. The molecule has 2 aromatic carbocycles. The van der Waals surface area contributed by atoms with E-state index in [0.717, 1.165) is 5.56 Å². The zero-order valence-corrected chi connectivity index (χ0v) is 18.6. The van der Waals surface area contributed by atoms with Gasteiger partial charge in [-0.2, -0.15) is 5.26 Å². The van der Waals surface area contributed by atoms with E-state index in [4.69, 9.17) is 19.9 Å². The SMILES string of the molecule is COc1cc([C@@H]2C(C#N)=C(N)OC3=C2C(=O)CCC3)c(Br)cc1OCc1ccccc1. The van der Waals surface area contributed by atoms with Gasteiger partial charge in [0.2, 0.25) is 5.88 Å². The molecule has 0 saturated heterocycles. The lowest BCUT2D eigenvalue weighted by molar-refractivity contribution is -0.116. The first-order valence-electron chi connectivity index (χ1n) is 9.91. The molecule has 1 aliphatic carbocycles. The summed E-state index contributed by atoms with van der Waals surface area (Å²) < 4.78 is 17.9. The summed E-state index contributed by atoms with van der Waals surface area (Å²) >= 11 is 3.60. The van der Waals surface area contributed by atoms with Crippen molar-refractivity contribution >= 4 is 21.7 Å². The lowest BCUT2D eigenvalue weighted by atomic mass is 9.77. The van der Waals surface area contributed by atoms with Crippen LogP contribution in [0.25, 0.3) is 0 Å². The largest absolute Gasteiger partial charge is 0.493 e. The smallest absolute Gasteiger partial charge is 0.205 e. The summed E-state index contributed by atoms with van der Waals surface area (Å²) in [5.74, 6) is 0.995. The molecule has 0 amide bonds. The summed E-state index contributed by atoms with van der Waals surface area (Å²) in [6, 6.07) is 15.5. The number of hydrogen-bond acceptors (Lipinski definition) is 6. The lowest BCUT2D eigenvalue weighted by Crippen LogP contribution is -2.27. The minimum absolute atomic E-state index is 0.0261. The van der Waals surface area contributed by atoms with Crippen molar-refractivity contribution in [3.05, 3.63) is 80.9 Å². The van der Waals surface area contributed by atoms with Gasteiger partial charge in [-0.15, -0.1) is 0 Å². The molecule has 0 spiro atoms. The first kappa shape index (κ1) is 21.0. The number of ether oxygens (including phenoxy) is 3. The van der Waals surface area contributed by atoms with E-state index in [1.165, 1.54) is 0 Å². The number of ketones is 1. The highest BCUT2D eigenvalue weighted by molar-refractivity contribution is 9.10. The number of benzene rings is 2. The van der Waals surface area contributed by atoms with E-state index in [0.29, 0.717) is 58.7 Å². The molecule has 7 heteroatoms. The average Bonchev–Trinajstić information content (AvgIpc) is 2.78. The molecule has 2 N–H and O–H groups in total. The van der Waals surface area contributed by atoms with E-state index < -0.39 is 5.92 Å². The van der Waals surface area contributed by atoms with Gasteiger partial charge in [0.25, 0.3) is 0 Å². The summed E-state index contributed by atoms with van der Waals surface area (Å²) in [5, 5.41) is 9.78. The first-order valence-corrected chi connectivity index (χ1v) is 10.7. The van der Waals surface area contributed by atoms with Crippen LogP contribution in [0.1, 0.15) is 36.3 Å². The Bertz CT molecular complexity index is 1130. The Balaban J connectivity index is 1.75. The van der Waals surface area contributed by atoms with Crippen molar-refractivity contribution in [3.8, 4) is 17.6 Å². The first-order chi connectivity index (χ1) is 15.0. The van der Waals surface area contributed by atoms with Crippen molar-refractivity contribution in [1.82, 2.24) is 0 Å². The van der Waals surface area contributed by atoms with Gasteiger partial charge in [0.05, 0.1) is 13.0 Å². The Morgan fingerprint density at radius 3 is 2.71 bits per heavy atom. The molecule has 0 aromatic heterocycles. The van der Waals surface area contributed by atoms with Crippen LogP contribution < -0.4 is 15.2 Å². The number of allylic oxidation sites excluding steroid dienone is 3. The van der Waals surface area contributed by atoms with Crippen molar-refractivity contribution in [2.75, 3.05) is 7.11 Å². The third-order valence-corrected chi connectivity index (χ3v) is 6.12. The number of hydrogen-bond donors (Lipinski definition) is 1. The van der Waals surface area contributed by atoms with E-state index in [-0.39, 0.29) is 17.2 Å². The predicted octanol–water partition coefficient (Wildman–Crippen LogP) is 4.85. The molecule has 0 fully saturated rings. The number of halogens is 1. The fraction of sp³-hybridized carbons (Fsp3) is 0.250. The Morgan fingerprint density at radius 2 is 2.00 bits per heavy atom. The summed E-state index contributed by atoms with van der Waals surface area (Å²) in [5.41, 5.74) is 8.50. The Kier molecular flexibility index (Phi) is 6.01. The maximum absolute atomic E-state index is 12.8. The van der Waals surface area contributed by atoms with E-state index in [1.807, 2.05) is 30.3 Å². The molecule has 1 heterocycles. The second kappa shape index (κ2) is 8.86.